The molecule has 1 aliphatic carbocycles. The molecule has 17 heavy (non-hydrogen) atoms. The fourth-order valence-electron chi connectivity index (χ4n) is 3.20. The third kappa shape index (κ3) is 1.79. The highest BCUT2D eigenvalue weighted by Gasteiger charge is 2.45. The van der Waals surface area contributed by atoms with Gasteiger partial charge in [0, 0.05) is 18.5 Å². The third-order valence-electron chi connectivity index (χ3n) is 4.13. The van der Waals surface area contributed by atoms with Crippen molar-refractivity contribution in [2.75, 3.05) is 18.0 Å². The summed E-state index contributed by atoms with van der Waals surface area (Å²) in [5, 5.41) is 9.68. The second-order valence-corrected chi connectivity index (χ2v) is 5.75. The number of rotatable bonds is 1. The number of nitriles is 1. The van der Waals surface area contributed by atoms with E-state index >= 15 is 0 Å². The van der Waals surface area contributed by atoms with Crippen molar-refractivity contribution in [2.24, 2.45) is 5.41 Å². The molecule has 0 aromatic heterocycles. The van der Waals surface area contributed by atoms with Crippen molar-refractivity contribution in [3.8, 4) is 6.07 Å². The minimum Gasteiger partial charge on any atom is -0.369 e. The molecule has 0 unspecified atom stereocenters. The molecule has 0 radical (unpaired) electrons. The molecule has 88 valence electrons. The molecule has 2 fully saturated rings. The van der Waals surface area contributed by atoms with E-state index < -0.39 is 0 Å². The molecule has 1 spiro atoms. The van der Waals surface area contributed by atoms with Crippen molar-refractivity contribution in [3.05, 3.63) is 28.8 Å². The molecule has 3 rings (SSSR count). The Morgan fingerprint density at radius 1 is 1.24 bits per heavy atom. The van der Waals surface area contributed by atoms with E-state index in [1.165, 1.54) is 25.7 Å². The highest BCUT2D eigenvalue weighted by atomic mass is 35.5. The maximum absolute atomic E-state index is 8.92. The first kappa shape index (κ1) is 10.9. The molecule has 2 nitrogen and oxygen atoms in total. The van der Waals surface area contributed by atoms with E-state index in [1.807, 2.05) is 12.1 Å². The van der Waals surface area contributed by atoms with Crippen LogP contribution in [0.5, 0.6) is 0 Å². The summed E-state index contributed by atoms with van der Waals surface area (Å²) in [5.74, 6) is 0. The number of hydrogen-bond acceptors (Lipinski definition) is 2. The van der Waals surface area contributed by atoms with Gasteiger partial charge in [-0.1, -0.05) is 24.4 Å². The SMILES string of the molecule is N#Cc1ccc(Cl)c(N2CC3(CCCC3)C2)c1. The average molecular weight is 247 g/mol. The minimum atomic E-state index is 0.561. The lowest BCUT2D eigenvalue weighted by atomic mass is 9.78. The molecule has 1 aromatic rings. The van der Waals surface area contributed by atoms with Gasteiger partial charge in [-0.2, -0.15) is 5.26 Å². The Balaban J connectivity index is 1.80. The van der Waals surface area contributed by atoms with E-state index in [0.717, 1.165) is 23.8 Å². The largest absolute Gasteiger partial charge is 0.369 e. The van der Waals surface area contributed by atoms with E-state index in [2.05, 4.69) is 11.0 Å². The van der Waals surface area contributed by atoms with Crippen LogP contribution >= 0.6 is 11.6 Å². The van der Waals surface area contributed by atoms with Crippen molar-refractivity contribution in [3.63, 3.8) is 0 Å². The lowest BCUT2D eigenvalue weighted by Gasteiger charge is -2.50. The molecule has 0 amide bonds. The molecule has 0 atom stereocenters. The zero-order chi connectivity index (χ0) is 11.9. The fraction of sp³-hybridized carbons (Fsp3) is 0.500. The molecule has 1 heterocycles. The van der Waals surface area contributed by atoms with Crippen LogP contribution in [-0.4, -0.2) is 13.1 Å². The van der Waals surface area contributed by atoms with Gasteiger partial charge in [0.05, 0.1) is 22.3 Å². The zero-order valence-corrected chi connectivity index (χ0v) is 10.5. The Labute approximate surface area is 107 Å². The van der Waals surface area contributed by atoms with Crippen LogP contribution in [0, 0.1) is 16.7 Å². The number of anilines is 1. The normalized spacial score (nSPS) is 21.3. The van der Waals surface area contributed by atoms with Crippen LogP contribution in [0.1, 0.15) is 31.2 Å². The topological polar surface area (TPSA) is 27.0 Å². The van der Waals surface area contributed by atoms with Gasteiger partial charge in [0.1, 0.15) is 0 Å². The Morgan fingerprint density at radius 3 is 2.59 bits per heavy atom. The van der Waals surface area contributed by atoms with Gasteiger partial charge in [-0.15, -0.1) is 0 Å². The Hall–Kier alpha value is -1.20. The standard InChI is InChI=1S/C14H15ClN2/c15-12-4-3-11(8-16)7-13(12)17-9-14(10-17)5-1-2-6-14/h3-4,7H,1-2,5-6,9-10H2. The summed E-state index contributed by atoms with van der Waals surface area (Å²) >= 11 is 6.20. The van der Waals surface area contributed by atoms with Crippen molar-refractivity contribution >= 4 is 17.3 Å². The summed E-state index contributed by atoms with van der Waals surface area (Å²) in [7, 11) is 0. The first-order valence-corrected chi connectivity index (χ1v) is 6.55. The first-order chi connectivity index (χ1) is 8.22. The van der Waals surface area contributed by atoms with Crippen molar-refractivity contribution in [2.45, 2.75) is 25.7 Å². The van der Waals surface area contributed by atoms with Crippen LogP contribution in [0.3, 0.4) is 0 Å². The van der Waals surface area contributed by atoms with Crippen molar-refractivity contribution < 1.29 is 0 Å². The summed E-state index contributed by atoms with van der Waals surface area (Å²) < 4.78 is 0. The predicted octanol–water partition coefficient (Wildman–Crippen LogP) is 3.59. The minimum absolute atomic E-state index is 0.561. The van der Waals surface area contributed by atoms with Gasteiger partial charge in [-0.05, 0) is 31.0 Å². The molecular formula is C14H15ClN2. The highest BCUT2D eigenvalue weighted by Crippen LogP contribution is 2.48. The summed E-state index contributed by atoms with van der Waals surface area (Å²) in [4.78, 5) is 2.31. The number of halogens is 1. The van der Waals surface area contributed by atoms with Gasteiger partial charge in [-0.25, -0.2) is 0 Å². The van der Waals surface area contributed by atoms with Crippen LogP contribution in [-0.2, 0) is 0 Å². The summed E-state index contributed by atoms with van der Waals surface area (Å²) in [6.07, 6.45) is 5.47. The molecule has 0 N–H and O–H groups in total. The smallest absolute Gasteiger partial charge is 0.0992 e. The fourth-order valence-corrected chi connectivity index (χ4v) is 3.44. The van der Waals surface area contributed by atoms with Gasteiger partial charge in [-0.3, -0.25) is 0 Å². The number of benzene rings is 1. The molecule has 0 bridgehead atoms. The van der Waals surface area contributed by atoms with E-state index in [9.17, 15) is 0 Å². The van der Waals surface area contributed by atoms with E-state index in [1.54, 1.807) is 6.07 Å². The lowest BCUT2D eigenvalue weighted by Crippen LogP contribution is -2.55. The molecule has 3 heteroatoms. The van der Waals surface area contributed by atoms with Crippen LogP contribution < -0.4 is 4.90 Å². The molecule has 1 aromatic carbocycles. The second kappa shape index (κ2) is 3.92. The maximum Gasteiger partial charge on any atom is 0.0992 e. The third-order valence-corrected chi connectivity index (χ3v) is 4.45. The van der Waals surface area contributed by atoms with Crippen LogP contribution in [0.2, 0.25) is 5.02 Å². The second-order valence-electron chi connectivity index (χ2n) is 5.34. The molecule has 1 saturated heterocycles. The van der Waals surface area contributed by atoms with Gasteiger partial charge >= 0.3 is 0 Å². The summed E-state index contributed by atoms with van der Waals surface area (Å²) in [6.45, 7) is 2.23. The Bertz CT molecular complexity index is 475. The summed E-state index contributed by atoms with van der Waals surface area (Å²) in [6, 6.07) is 7.68. The zero-order valence-electron chi connectivity index (χ0n) is 9.75. The Kier molecular flexibility index (Phi) is 2.52. The number of hydrogen-bond donors (Lipinski definition) is 0. The number of nitrogens with zero attached hydrogens (tertiary/aromatic N) is 2. The first-order valence-electron chi connectivity index (χ1n) is 6.17. The molecule has 1 aliphatic heterocycles. The van der Waals surface area contributed by atoms with Crippen LogP contribution in [0.25, 0.3) is 0 Å². The van der Waals surface area contributed by atoms with Crippen molar-refractivity contribution in [1.82, 2.24) is 0 Å². The quantitative estimate of drug-likeness (QED) is 0.757. The van der Waals surface area contributed by atoms with Crippen LogP contribution in [0.15, 0.2) is 18.2 Å². The Morgan fingerprint density at radius 2 is 1.94 bits per heavy atom. The average Bonchev–Trinajstić information content (AvgIpc) is 2.77. The highest BCUT2D eigenvalue weighted by molar-refractivity contribution is 6.33. The maximum atomic E-state index is 8.92. The van der Waals surface area contributed by atoms with Gasteiger partial charge in [0.2, 0.25) is 0 Å². The van der Waals surface area contributed by atoms with Gasteiger partial charge in [0.25, 0.3) is 0 Å². The van der Waals surface area contributed by atoms with Gasteiger partial charge < -0.3 is 4.90 Å². The van der Waals surface area contributed by atoms with Crippen LogP contribution in [0.4, 0.5) is 5.69 Å². The van der Waals surface area contributed by atoms with E-state index in [-0.39, 0.29) is 0 Å². The predicted molar refractivity (Wildman–Crippen MR) is 69.3 cm³/mol. The van der Waals surface area contributed by atoms with E-state index in [4.69, 9.17) is 16.9 Å². The monoisotopic (exact) mass is 246 g/mol. The lowest BCUT2D eigenvalue weighted by molar-refractivity contribution is 0.222. The molecule has 2 aliphatic rings. The van der Waals surface area contributed by atoms with E-state index in [0.29, 0.717) is 11.0 Å². The van der Waals surface area contributed by atoms with Gasteiger partial charge in [0.15, 0.2) is 0 Å². The van der Waals surface area contributed by atoms with Crippen molar-refractivity contribution in [1.29, 1.82) is 5.26 Å². The molecule has 1 saturated carbocycles. The summed E-state index contributed by atoms with van der Waals surface area (Å²) in [5.41, 5.74) is 2.28. The molecular weight excluding hydrogens is 232 g/mol.